The van der Waals surface area contributed by atoms with Gasteiger partial charge in [0.15, 0.2) is 5.65 Å². The highest BCUT2D eigenvalue weighted by Crippen LogP contribution is 2.26. The zero-order chi connectivity index (χ0) is 11.8. The number of aromatic nitrogens is 3. The first-order chi connectivity index (χ1) is 8.27. The molecular weight excluding hydrogens is 217 g/mol. The fourth-order valence-corrected chi connectivity index (χ4v) is 2.00. The van der Waals surface area contributed by atoms with Crippen molar-refractivity contribution < 1.29 is 4.39 Å². The first kappa shape index (κ1) is 9.96. The molecule has 0 saturated heterocycles. The fourth-order valence-electron chi connectivity index (χ4n) is 2.00. The van der Waals surface area contributed by atoms with Crippen LogP contribution >= 0.6 is 0 Å². The van der Waals surface area contributed by atoms with Crippen molar-refractivity contribution in [3.63, 3.8) is 0 Å². The molecule has 0 spiro atoms. The maximum Gasteiger partial charge on any atom is 0.156 e. The molecule has 0 unspecified atom stereocenters. The predicted molar refractivity (Wildman–Crippen MR) is 63.1 cm³/mol. The van der Waals surface area contributed by atoms with E-state index in [-0.39, 0.29) is 5.82 Å². The van der Waals surface area contributed by atoms with Crippen LogP contribution in [0.25, 0.3) is 16.9 Å². The molecule has 0 fully saturated rings. The van der Waals surface area contributed by atoms with Gasteiger partial charge in [0.2, 0.25) is 0 Å². The summed E-state index contributed by atoms with van der Waals surface area (Å²) in [6, 6.07) is 6.71. The molecule has 0 aliphatic carbocycles. The Hall–Kier alpha value is -2.23. The minimum absolute atomic E-state index is 0.241. The molecule has 4 heteroatoms. The Morgan fingerprint density at radius 3 is 2.88 bits per heavy atom. The summed E-state index contributed by atoms with van der Waals surface area (Å²) in [7, 11) is 0. The maximum atomic E-state index is 13.8. The third-order valence-electron chi connectivity index (χ3n) is 2.73. The molecule has 0 amide bonds. The van der Waals surface area contributed by atoms with Gasteiger partial charge in [-0.25, -0.2) is 9.37 Å². The second kappa shape index (κ2) is 3.66. The van der Waals surface area contributed by atoms with Crippen molar-refractivity contribution in [3.05, 3.63) is 54.4 Å². The Kier molecular flexibility index (Phi) is 2.14. The van der Waals surface area contributed by atoms with Gasteiger partial charge < -0.3 is 0 Å². The lowest BCUT2D eigenvalue weighted by atomic mass is 10.1. The van der Waals surface area contributed by atoms with Crippen LogP contribution in [0.3, 0.4) is 0 Å². The van der Waals surface area contributed by atoms with Gasteiger partial charge in [0.25, 0.3) is 0 Å². The van der Waals surface area contributed by atoms with Crippen LogP contribution in [0.15, 0.2) is 42.9 Å². The Bertz CT molecular complexity index is 688. The highest BCUT2D eigenvalue weighted by atomic mass is 19.1. The highest BCUT2D eigenvalue weighted by Gasteiger charge is 2.13. The molecular formula is C13H10FN3. The van der Waals surface area contributed by atoms with E-state index in [0.29, 0.717) is 5.56 Å². The normalized spacial score (nSPS) is 10.9. The van der Waals surface area contributed by atoms with E-state index in [2.05, 4.69) is 9.97 Å². The van der Waals surface area contributed by atoms with E-state index < -0.39 is 0 Å². The third-order valence-corrected chi connectivity index (χ3v) is 2.73. The van der Waals surface area contributed by atoms with E-state index in [1.165, 1.54) is 6.07 Å². The number of imidazole rings is 1. The van der Waals surface area contributed by atoms with Gasteiger partial charge in [-0.15, -0.1) is 0 Å². The molecule has 0 radical (unpaired) electrons. The van der Waals surface area contributed by atoms with Crippen LogP contribution in [0.2, 0.25) is 0 Å². The standard InChI is InChI=1S/C13H10FN3/c1-9-13(10-4-2-3-5-11(10)14)17-7-6-15-8-12(17)16-9/h2-8H,1H3. The molecule has 0 aliphatic heterocycles. The molecule has 0 bridgehead atoms. The van der Waals surface area contributed by atoms with Crippen molar-refractivity contribution in [2.75, 3.05) is 0 Å². The lowest BCUT2D eigenvalue weighted by Crippen LogP contribution is -1.92. The van der Waals surface area contributed by atoms with Crippen LogP contribution in [0.5, 0.6) is 0 Å². The molecule has 0 N–H and O–H groups in total. The van der Waals surface area contributed by atoms with Crippen LogP contribution < -0.4 is 0 Å². The Labute approximate surface area is 97.6 Å². The highest BCUT2D eigenvalue weighted by molar-refractivity contribution is 5.67. The molecule has 1 aromatic carbocycles. The van der Waals surface area contributed by atoms with Crippen LogP contribution in [-0.2, 0) is 0 Å². The molecule has 2 aromatic heterocycles. The first-order valence-corrected chi connectivity index (χ1v) is 5.31. The van der Waals surface area contributed by atoms with Crippen LogP contribution in [0.1, 0.15) is 5.69 Å². The van der Waals surface area contributed by atoms with Crippen LogP contribution in [0, 0.1) is 12.7 Å². The van der Waals surface area contributed by atoms with E-state index in [0.717, 1.165) is 17.0 Å². The number of fused-ring (bicyclic) bond motifs is 1. The summed E-state index contributed by atoms with van der Waals surface area (Å²) in [6.07, 6.45) is 5.12. The summed E-state index contributed by atoms with van der Waals surface area (Å²) in [6.45, 7) is 1.87. The number of nitrogens with zero attached hydrogens (tertiary/aromatic N) is 3. The zero-order valence-corrected chi connectivity index (χ0v) is 9.26. The van der Waals surface area contributed by atoms with E-state index in [1.54, 1.807) is 30.7 Å². The number of hydrogen-bond donors (Lipinski definition) is 0. The van der Waals surface area contributed by atoms with Crippen molar-refractivity contribution >= 4 is 5.65 Å². The number of hydrogen-bond acceptors (Lipinski definition) is 2. The number of halogens is 1. The summed E-state index contributed by atoms with van der Waals surface area (Å²) < 4.78 is 15.7. The average molecular weight is 227 g/mol. The van der Waals surface area contributed by atoms with Crippen molar-refractivity contribution in [2.45, 2.75) is 6.92 Å². The van der Waals surface area contributed by atoms with E-state index in [1.807, 2.05) is 17.4 Å². The minimum Gasteiger partial charge on any atom is -0.296 e. The fraction of sp³-hybridized carbons (Fsp3) is 0.0769. The SMILES string of the molecule is Cc1nc2cnccn2c1-c1ccccc1F. The quantitative estimate of drug-likeness (QED) is 0.640. The van der Waals surface area contributed by atoms with Crippen molar-refractivity contribution in [2.24, 2.45) is 0 Å². The Morgan fingerprint density at radius 2 is 2.06 bits per heavy atom. The largest absolute Gasteiger partial charge is 0.296 e. The molecule has 0 saturated carbocycles. The summed E-state index contributed by atoms with van der Waals surface area (Å²) in [5.41, 5.74) is 2.86. The lowest BCUT2D eigenvalue weighted by molar-refractivity contribution is 0.630. The van der Waals surface area contributed by atoms with Gasteiger partial charge in [0.1, 0.15) is 5.82 Å². The minimum atomic E-state index is -0.241. The molecule has 3 nitrogen and oxygen atoms in total. The molecule has 84 valence electrons. The Morgan fingerprint density at radius 1 is 1.24 bits per heavy atom. The van der Waals surface area contributed by atoms with Gasteiger partial charge in [-0.2, -0.15) is 0 Å². The smallest absolute Gasteiger partial charge is 0.156 e. The second-order valence-electron chi connectivity index (χ2n) is 3.83. The zero-order valence-electron chi connectivity index (χ0n) is 9.26. The van der Waals surface area contributed by atoms with Gasteiger partial charge in [-0.3, -0.25) is 9.38 Å². The number of rotatable bonds is 1. The monoisotopic (exact) mass is 227 g/mol. The van der Waals surface area contributed by atoms with Crippen molar-refractivity contribution in [1.82, 2.24) is 14.4 Å². The molecule has 17 heavy (non-hydrogen) atoms. The van der Waals surface area contributed by atoms with Crippen molar-refractivity contribution in [3.8, 4) is 11.3 Å². The third kappa shape index (κ3) is 1.49. The second-order valence-corrected chi connectivity index (χ2v) is 3.83. The number of benzene rings is 1. The van der Waals surface area contributed by atoms with Gasteiger partial charge >= 0.3 is 0 Å². The van der Waals surface area contributed by atoms with Crippen molar-refractivity contribution in [1.29, 1.82) is 0 Å². The van der Waals surface area contributed by atoms with Crippen LogP contribution in [0.4, 0.5) is 4.39 Å². The summed E-state index contributed by atoms with van der Waals surface area (Å²) in [4.78, 5) is 8.37. The van der Waals surface area contributed by atoms with E-state index >= 15 is 0 Å². The van der Waals surface area contributed by atoms with Crippen LogP contribution in [-0.4, -0.2) is 14.4 Å². The maximum absolute atomic E-state index is 13.8. The summed E-state index contributed by atoms with van der Waals surface area (Å²) in [5.74, 6) is -0.241. The topological polar surface area (TPSA) is 30.2 Å². The molecule has 0 atom stereocenters. The van der Waals surface area contributed by atoms with Gasteiger partial charge in [-0.1, -0.05) is 12.1 Å². The van der Waals surface area contributed by atoms with Gasteiger partial charge in [-0.05, 0) is 19.1 Å². The first-order valence-electron chi connectivity index (χ1n) is 5.31. The lowest BCUT2D eigenvalue weighted by Gasteiger charge is -2.04. The molecule has 2 heterocycles. The van der Waals surface area contributed by atoms with E-state index in [4.69, 9.17) is 0 Å². The molecule has 3 aromatic rings. The van der Waals surface area contributed by atoms with E-state index in [9.17, 15) is 4.39 Å². The van der Waals surface area contributed by atoms with Gasteiger partial charge in [0.05, 0.1) is 17.6 Å². The average Bonchev–Trinajstić information content (AvgIpc) is 2.66. The number of aryl methyl sites for hydroxylation is 1. The summed E-state index contributed by atoms with van der Waals surface area (Å²) >= 11 is 0. The molecule has 3 rings (SSSR count). The Balaban J connectivity index is 2.38. The summed E-state index contributed by atoms with van der Waals surface area (Å²) in [5, 5.41) is 0. The van der Waals surface area contributed by atoms with Gasteiger partial charge in [0, 0.05) is 18.0 Å². The predicted octanol–water partition coefficient (Wildman–Crippen LogP) is 2.84. The molecule has 0 aliphatic rings.